The third-order valence-corrected chi connectivity index (χ3v) is 2.33. The highest BCUT2D eigenvalue weighted by Crippen LogP contribution is 2.24. The zero-order valence-corrected chi connectivity index (χ0v) is 7.90. The third kappa shape index (κ3) is 1.42. The van der Waals surface area contributed by atoms with Gasteiger partial charge in [-0.3, -0.25) is 0 Å². The highest BCUT2D eigenvalue weighted by molar-refractivity contribution is 7.98. The Morgan fingerprint density at radius 1 is 1.54 bits per heavy atom. The molecule has 0 radical (unpaired) electrons. The summed E-state index contributed by atoms with van der Waals surface area (Å²) in [6.45, 7) is -0.502. The van der Waals surface area contributed by atoms with E-state index in [1.165, 1.54) is 11.8 Å². The number of rotatable bonds is 2. The standard InChI is InChI=1S/C9H8FNOS/c1-13-9-11-8-6(5-10)3-2-4-7(8)12-9/h2-4H,5H2,1H3. The van der Waals surface area contributed by atoms with Crippen molar-refractivity contribution >= 4 is 22.9 Å². The van der Waals surface area contributed by atoms with Crippen molar-refractivity contribution in [3.63, 3.8) is 0 Å². The van der Waals surface area contributed by atoms with Gasteiger partial charge in [0.15, 0.2) is 5.58 Å². The summed E-state index contributed by atoms with van der Waals surface area (Å²) in [4.78, 5) is 4.16. The van der Waals surface area contributed by atoms with Crippen LogP contribution in [-0.4, -0.2) is 11.2 Å². The topological polar surface area (TPSA) is 26.0 Å². The quantitative estimate of drug-likeness (QED) is 0.692. The second-order valence-electron chi connectivity index (χ2n) is 2.58. The van der Waals surface area contributed by atoms with Gasteiger partial charge >= 0.3 is 0 Å². The number of alkyl halides is 1. The second-order valence-corrected chi connectivity index (χ2v) is 3.34. The Kier molecular flexibility index (Phi) is 2.22. The van der Waals surface area contributed by atoms with Crippen molar-refractivity contribution in [3.05, 3.63) is 23.8 Å². The van der Waals surface area contributed by atoms with E-state index in [4.69, 9.17) is 4.42 Å². The fraction of sp³-hybridized carbons (Fsp3) is 0.222. The molecule has 0 fully saturated rings. The molecular formula is C9H8FNOS. The van der Waals surface area contributed by atoms with Crippen LogP contribution in [0.1, 0.15) is 5.56 Å². The molecule has 0 amide bonds. The molecule has 13 heavy (non-hydrogen) atoms. The van der Waals surface area contributed by atoms with Gasteiger partial charge in [-0.2, -0.15) is 0 Å². The van der Waals surface area contributed by atoms with Crippen LogP contribution in [0.4, 0.5) is 4.39 Å². The number of aromatic nitrogens is 1. The molecule has 2 rings (SSSR count). The van der Waals surface area contributed by atoms with Crippen molar-refractivity contribution < 1.29 is 8.81 Å². The summed E-state index contributed by atoms with van der Waals surface area (Å²) in [7, 11) is 0. The minimum Gasteiger partial charge on any atom is -0.431 e. The number of hydrogen-bond acceptors (Lipinski definition) is 3. The van der Waals surface area contributed by atoms with E-state index in [-0.39, 0.29) is 0 Å². The summed E-state index contributed by atoms with van der Waals surface area (Å²) in [6.07, 6.45) is 1.87. The van der Waals surface area contributed by atoms with E-state index in [0.29, 0.717) is 21.9 Å². The molecule has 0 aliphatic rings. The van der Waals surface area contributed by atoms with Gasteiger partial charge in [-0.25, -0.2) is 9.37 Å². The van der Waals surface area contributed by atoms with E-state index in [1.54, 1.807) is 18.2 Å². The summed E-state index contributed by atoms with van der Waals surface area (Å²) in [5.74, 6) is 0. The lowest BCUT2D eigenvalue weighted by Crippen LogP contribution is -1.80. The van der Waals surface area contributed by atoms with Crippen molar-refractivity contribution in [1.82, 2.24) is 4.98 Å². The predicted molar refractivity (Wildman–Crippen MR) is 50.6 cm³/mol. The van der Waals surface area contributed by atoms with Gasteiger partial charge in [0.25, 0.3) is 5.22 Å². The first kappa shape index (κ1) is 8.56. The van der Waals surface area contributed by atoms with Crippen molar-refractivity contribution in [2.75, 3.05) is 6.26 Å². The Morgan fingerprint density at radius 3 is 3.08 bits per heavy atom. The fourth-order valence-electron chi connectivity index (χ4n) is 1.18. The first-order valence-electron chi connectivity index (χ1n) is 3.83. The summed E-state index contributed by atoms with van der Waals surface area (Å²) in [5, 5.41) is 0.580. The largest absolute Gasteiger partial charge is 0.431 e. The molecule has 1 aromatic heterocycles. The average molecular weight is 197 g/mol. The Balaban J connectivity index is 2.67. The molecule has 0 spiro atoms. The maximum atomic E-state index is 12.5. The lowest BCUT2D eigenvalue weighted by atomic mass is 10.2. The second kappa shape index (κ2) is 3.38. The van der Waals surface area contributed by atoms with E-state index in [9.17, 15) is 4.39 Å². The molecule has 0 aliphatic heterocycles. The van der Waals surface area contributed by atoms with Crippen LogP contribution in [0, 0.1) is 0 Å². The first-order valence-corrected chi connectivity index (χ1v) is 5.06. The maximum absolute atomic E-state index is 12.5. The Morgan fingerprint density at radius 2 is 2.38 bits per heavy atom. The Hall–Kier alpha value is -1.03. The van der Waals surface area contributed by atoms with Crippen LogP contribution < -0.4 is 0 Å². The molecular weight excluding hydrogens is 189 g/mol. The zero-order chi connectivity index (χ0) is 9.26. The number of para-hydroxylation sites is 1. The maximum Gasteiger partial charge on any atom is 0.256 e. The molecule has 0 atom stereocenters. The van der Waals surface area contributed by atoms with Crippen LogP contribution in [0.15, 0.2) is 27.8 Å². The fourth-order valence-corrected chi connectivity index (χ4v) is 1.54. The predicted octanol–water partition coefficient (Wildman–Crippen LogP) is 3.02. The van der Waals surface area contributed by atoms with E-state index >= 15 is 0 Å². The van der Waals surface area contributed by atoms with Gasteiger partial charge in [0, 0.05) is 5.56 Å². The van der Waals surface area contributed by atoms with Gasteiger partial charge in [-0.15, -0.1) is 0 Å². The van der Waals surface area contributed by atoms with Crippen LogP contribution in [0.3, 0.4) is 0 Å². The number of oxazole rings is 1. The average Bonchev–Trinajstić information content (AvgIpc) is 2.59. The number of thioether (sulfide) groups is 1. The molecule has 0 N–H and O–H groups in total. The molecule has 0 unspecified atom stereocenters. The van der Waals surface area contributed by atoms with Gasteiger partial charge in [0.1, 0.15) is 12.2 Å². The normalized spacial score (nSPS) is 10.9. The van der Waals surface area contributed by atoms with Gasteiger partial charge in [0.05, 0.1) is 0 Å². The van der Waals surface area contributed by atoms with E-state index in [1.807, 2.05) is 6.26 Å². The Bertz CT molecular complexity index is 426. The summed E-state index contributed by atoms with van der Waals surface area (Å²) in [6, 6.07) is 5.28. The Labute approximate surface area is 79.1 Å². The summed E-state index contributed by atoms with van der Waals surface area (Å²) in [5.41, 5.74) is 1.87. The third-order valence-electron chi connectivity index (χ3n) is 1.80. The smallest absolute Gasteiger partial charge is 0.256 e. The highest BCUT2D eigenvalue weighted by atomic mass is 32.2. The van der Waals surface area contributed by atoms with E-state index in [2.05, 4.69) is 4.98 Å². The molecule has 0 saturated carbocycles. The van der Waals surface area contributed by atoms with Crippen LogP contribution in [0.2, 0.25) is 0 Å². The van der Waals surface area contributed by atoms with Crippen LogP contribution in [-0.2, 0) is 6.67 Å². The molecule has 4 heteroatoms. The van der Waals surface area contributed by atoms with Crippen LogP contribution in [0.25, 0.3) is 11.1 Å². The van der Waals surface area contributed by atoms with E-state index < -0.39 is 6.67 Å². The molecule has 1 heterocycles. The van der Waals surface area contributed by atoms with Gasteiger partial charge in [0.2, 0.25) is 0 Å². The molecule has 0 bridgehead atoms. The number of halogens is 1. The van der Waals surface area contributed by atoms with Gasteiger partial charge < -0.3 is 4.42 Å². The molecule has 2 aromatic rings. The number of hydrogen-bond donors (Lipinski definition) is 0. The molecule has 68 valence electrons. The van der Waals surface area contributed by atoms with Gasteiger partial charge in [-0.05, 0) is 12.3 Å². The SMILES string of the molecule is CSc1nc2c(CF)cccc2o1. The van der Waals surface area contributed by atoms with Crippen molar-refractivity contribution in [2.45, 2.75) is 11.9 Å². The zero-order valence-electron chi connectivity index (χ0n) is 7.08. The lowest BCUT2D eigenvalue weighted by Gasteiger charge is -1.91. The van der Waals surface area contributed by atoms with Crippen molar-refractivity contribution in [3.8, 4) is 0 Å². The molecule has 0 saturated heterocycles. The lowest BCUT2D eigenvalue weighted by molar-refractivity contribution is 0.487. The van der Waals surface area contributed by atoms with Crippen LogP contribution in [0.5, 0.6) is 0 Å². The van der Waals surface area contributed by atoms with Gasteiger partial charge in [-0.1, -0.05) is 23.9 Å². The molecule has 0 aliphatic carbocycles. The van der Waals surface area contributed by atoms with Crippen molar-refractivity contribution in [1.29, 1.82) is 0 Å². The monoisotopic (exact) mass is 197 g/mol. The van der Waals surface area contributed by atoms with E-state index in [0.717, 1.165) is 0 Å². The molecule has 1 aromatic carbocycles. The minimum atomic E-state index is -0.502. The first-order chi connectivity index (χ1) is 6.35. The van der Waals surface area contributed by atoms with Crippen LogP contribution >= 0.6 is 11.8 Å². The molecule has 2 nitrogen and oxygen atoms in total. The van der Waals surface area contributed by atoms with Crippen molar-refractivity contribution in [2.24, 2.45) is 0 Å². The minimum absolute atomic E-state index is 0.502. The summed E-state index contributed by atoms with van der Waals surface area (Å²) < 4.78 is 17.8. The number of benzene rings is 1. The number of fused-ring (bicyclic) bond motifs is 1. The highest BCUT2D eigenvalue weighted by Gasteiger charge is 2.07. The number of nitrogens with zero attached hydrogens (tertiary/aromatic N) is 1. The summed E-state index contributed by atoms with van der Waals surface area (Å²) >= 11 is 1.41.